The molecule has 4 aliphatic carbocycles. The maximum atomic E-state index is 12.5. The summed E-state index contributed by atoms with van der Waals surface area (Å²) in [4.78, 5) is 25.0. The van der Waals surface area contributed by atoms with Gasteiger partial charge in [0.1, 0.15) is 6.61 Å². The number of aliphatic hydroxyl groups is 2. The fraction of sp³-hybridized carbons (Fsp3) is 0.810. The fourth-order valence-corrected chi connectivity index (χ4v) is 5.95. The van der Waals surface area contributed by atoms with Gasteiger partial charge in [-0.3, -0.25) is 9.59 Å². The van der Waals surface area contributed by atoms with Crippen LogP contribution >= 0.6 is 0 Å². The van der Waals surface area contributed by atoms with Crippen LogP contribution in [0.2, 0.25) is 0 Å². The van der Waals surface area contributed by atoms with Crippen molar-refractivity contribution in [2.45, 2.75) is 64.7 Å². The Hall–Kier alpha value is -1.00. The maximum absolute atomic E-state index is 12.5. The number of carbonyl (C=O) groups excluding carboxylic acids is 2. The highest BCUT2D eigenvalue weighted by Crippen LogP contribution is 2.66. The molecule has 0 heterocycles. The van der Waals surface area contributed by atoms with Crippen molar-refractivity contribution in [2.75, 3.05) is 6.61 Å². The second-order valence-corrected chi connectivity index (χ2v) is 8.33. The third-order valence-corrected chi connectivity index (χ3v) is 7.16. The number of hydrogen-bond donors (Lipinski definition) is 2. The summed E-state index contributed by atoms with van der Waals surface area (Å²) < 4.78 is 69.1. The Kier molecular flexibility index (Phi) is 2.38. The van der Waals surface area contributed by atoms with Crippen molar-refractivity contribution in [3.63, 3.8) is 0 Å². The minimum Gasteiger partial charge on any atom is -0.393 e. The molecule has 3 saturated carbocycles. The van der Waals surface area contributed by atoms with Crippen molar-refractivity contribution in [2.24, 2.45) is 34.5 Å². The molecule has 0 unspecified atom stereocenters. The standard InChI is InChI=1S/C21H30O4/c1-20-8-7-13(23)9-12(20)3-4-14-15-5-6-16(18(25)11-22)21(15,2)10-17(24)19(14)20/h9,14-17,19,22,24H,3-8,10-11H2,1-2H3/t14-,15-,16+,17-,19+,20-,21-/m0/s1/i3T2,4T2,7T2,8T2. The van der Waals surface area contributed by atoms with Crippen LogP contribution < -0.4 is 0 Å². The number of hydrogen-bond acceptors (Lipinski definition) is 4. The summed E-state index contributed by atoms with van der Waals surface area (Å²) in [6.45, 7) is 2.34. The highest BCUT2D eigenvalue weighted by Gasteiger charge is 2.62. The molecule has 7 atom stereocenters. The normalized spacial score (nSPS) is 61.8. The number of rotatable bonds is 2. The smallest absolute Gasteiger partial charge is 0.161 e. The maximum Gasteiger partial charge on any atom is 0.161 e. The van der Waals surface area contributed by atoms with Gasteiger partial charge in [0, 0.05) is 23.3 Å². The van der Waals surface area contributed by atoms with Crippen molar-refractivity contribution in [3.8, 4) is 0 Å². The van der Waals surface area contributed by atoms with E-state index in [1.165, 1.54) is 6.92 Å². The minimum absolute atomic E-state index is 0.00418. The zero-order chi connectivity index (χ0) is 25.2. The molecule has 138 valence electrons. The second kappa shape index (κ2) is 5.75. The van der Waals surface area contributed by atoms with Gasteiger partial charge >= 0.3 is 0 Å². The summed E-state index contributed by atoms with van der Waals surface area (Å²) in [5.74, 6) is -5.39. The van der Waals surface area contributed by atoms with Gasteiger partial charge in [-0.2, -0.15) is 0 Å². The topological polar surface area (TPSA) is 74.6 Å². The predicted molar refractivity (Wildman–Crippen MR) is 93.7 cm³/mol. The van der Waals surface area contributed by atoms with Crippen LogP contribution in [0.5, 0.6) is 0 Å². The lowest BCUT2D eigenvalue weighted by Crippen LogP contribution is -2.57. The number of carbonyl (C=O) groups is 2. The molecule has 0 amide bonds. The molecule has 4 rings (SSSR count). The molecule has 0 aliphatic heterocycles. The molecule has 0 spiro atoms. The van der Waals surface area contributed by atoms with E-state index in [0.29, 0.717) is 18.9 Å². The summed E-state index contributed by atoms with van der Waals surface area (Å²) in [5.41, 5.74) is -3.41. The van der Waals surface area contributed by atoms with Crippen molar-refractivity contribution >= 4 is 11.6 Å². The molecular formula is C21H30O4. The van der Waals surface area contributed by atoms with E-state index in [1.54, 1.807) is 6.92 Å². The zero-order valence-electron chi connectivity index (χ0n) is 22.5. The molecule has 0 aromatic rings. The zero-order valence-corrected chi connectivity index (χ0v) is 14.5. The van der Waals surface area contributed by atoms with Gasteiger partial charge in [-0.15, -0.1) is 0 Å². The van der Waals surface area contributed by atoms with Gasteiger partial charge in [-0.25, -0.2) is 0 Å². The summed E-state index contributed by atoms with van der Waals surface area (Å²) in [6.07, 6.45) is -11.4. The highest BCUT2D eigenvalue weighted by atomic mass is 16.3. The van der Waals surface area contributed by atoms with Crippen LogP contribution in [0.4, 0.5) is 0 Å². The molecule has 0 aromatic carbocycles. The molecule has 0 radical (unpaired) electrons. The van der Waals surface area contributed by atoms with Gasteiger partial charge in [0.05, 0.1) is 6.10 Å². The van der Waals surface area contributed by atoms with Crippen molar-refractivity contribution < 1.29 is 30.8 Å². The van der Waals surface area contributed by atoms with Crippen LogP contribution in [0.1, 0.15) is 69.6 Å². The summed E-state index contributed by atoms with van der Waals surface area (Å²) >= 11 is 0. The molecule has 3 fully saturated rings. The van der Waals surface area contributed by atoms with Crippen LogP contribution in [-0.2, 0) is 9.59 Å². The molecular weight excluding hydrogens is 316 g/mol. The van der Waals surface area contributed by atoms with E-state index in [9.17, 15) is 19.8 Å². The van der Waals surface area contributed by atoms with Gasteiger partial charge in [-0.1, -0.05) is 19.4 Å². The van der Waals surface area contributed by atoms with E-state index in [4.69, 9.17) is 11.0 Å². The first-order chi connectivity index (χ1) is 14.8. The molecule has 0 saturated heterocycles. The molecule has 4 heteroatoms. The van der Waals surface area contributed by atoms with Gasteiger partial charge in [0.25, 0.3) is 0 Å². The Morgan fingerprint density at radius 2 is 2.12 bits per heavy atom. The number of allylic oxidation sites excluding steroid dienone is 1. The van der Waals surface area contributed by atoms with Gasteiger partial charge in [0.2, 0.25) is 0 Å². The number of fused-ring (bicyclic) bond motifs is 5. The second-order valence-electron chi connectivity index (χ2n) is 8.33. The van der Waals surface area contributed by atoms with Crippen LogP contribution in [0.3, 0.4) is 0 Å². The van der Waals surface area contributed by atoms with Gasteiger partial charge < -0.3 is 10.2 Å². The fourth-order valence-electron chi connectivity index (χ4n) is 5.95. The Morgan fingerprint density at radius 1 is 1.36 bits per heavy atom. The quantitative estimate of drug-likeness (QED) is 0.792. The summed E-state index contributed by atoms with van der Waals surface area (Å²) in [7, 11) is 0. The summed E-state index contributed by atoms with van der Waals surface area (Å²) in [5, 5.41) is 20.9. The first-order valence-corrected chi connectivity index (χ1v) is 8.94. The first-order valence-electron chi connectivity index (χ1n) is 12.9. The average Bonchev–Trinajstić information content (AvgIpc) is 3.03. The lowest BCUT2D eigenvalue weighted by atomic mass is 9.46. The van der Waals surface area contributed by atoms with Gasteiger partial charge in [-0.05, 0) is 73.0 Å². The first kappa shape index (κ1) is 10.4. The van der Waals surface area contributed by atoms with Crippen molar-refractivity contribution in [1.29, 1.82) is 0 Å². The lowest BCUT2D eigenvalue weighted by molar-refractivity contribution is -0.146. The van der Waals surface area contributed by atoms with E-state index in [-0.39, 0.29) is 6.42 Å². The van der Waals surface area contributed by atoms with Crippen molar-refractivity contribution in [1.82, 2.24) is 0 Å². The largest absolute Gasteiger partial charge is 0.393 e. The van der Waals surface area contributed by atoms with Crippen LogP contribution in [0, 0.1) is 34.5 Å². The van der Waals surface area contributed by atoms with Crippen LogP contribution in [0.15, 0.2) is 11.6 Å². The molecule has 0 bridgehead atoms. The van der Waals surface area contributed by atoms with E-state index < -0.39 is 89.8 Å². The minimum atomic E-state index is -3.00. The Balaban J connectivity index is 1.99. The van der Waals surface area contributed by atoms with E-state index in [2.05, 4.69) is 0 Å². The number of Topliss-reactive ketones (excluding diaryl/α,β-unsaturated/α-hetero) is 1. The molecule has 0 aromatic heterocycles. The van der Waals surface area contributed by atoms with Crippen LogP contribution in [-0.4, -0.2) is 34.5 Å². The van der Waals surface area contributed by atoms with Crippen LogP contribution in [0.25, 0.3) is 0 Å². The summed E-state index contributed by atoms with van der Waals surface area (Å²) in [6, 6.07) is 0. The number of aliphatic hydroxyl groups excluding tert-OH is 2. The molecule has 4 nitrogen and oxygen atoms in total. The number of ketones is 2. The predicted octanol–water partition coefficient (Wildman–Crippen LogP) is 2.67. The average molecular weight is 363 g/mol. The molecule has 25 heavy (non-hydrogen) atoms. The highest BCUT2D eigenvalue weighted by molar-refractivity contribution is 5.91. The van der Waals surface area contributed by atoms with E-state index >= 15 is 0 Å². The molecule has 2 N–H and O–H groups in total. The monoisotopic (exact) mass is 362 g/mol. The SMILES string of the molecule is [3H]C1([3H])C2=CC(=O)C([3H])([3H])C([3H])([3H])[C@]2(C)[C@@H]2[C@H]([C@@H]3CC[C@H](C(=O)CO)[C@@]3(C)C[C@@H]2O)C1([3H])[3H]. The Morgan fingerprint density at radius 3 is 2.84 bits per heavy atom. The molecule has 4 aliphatic rings. The third kappa shape index (κ3) is 2.33. The van der Waals surface area contributed by atoms with Crippen molar-refractivity contribution in [3.05, 3.63) is 11.6 Å². The van der Waals surface area contributed by atoms with Gasteiger partial charge in [0.15, 0.2) is 11.6 Å². The Bertz CT molecular complexity index is 947. The lowest BCUT2D eigenvalue weighted by Gasteiger charge is -2.59. The van der Waals surface area contributed by atoms with E-state index in [0.717, 1.165) is 0 Å². The third-order valence-electron chi connectivity index (χ3n) is 7.16. The van der Waals surface area contributed by atoms with E-state index in [1.807, 2.05) is 0 Å². The Labute approximate surface area is 160 Å².